The van der Waals surface area contributed by atoms with E-state index in [4.69, 9.17) is 4.74 Å². The summed E-state index contributed by atoms with van der Waals surface area (Å²) < 4.78 is 31.6. The van der Waals surface area contributed by atoms with Gasteiger partial charge in [-0.25, -0.2) is 8.78 Å². The molecule has 1 heterocycles. The van der Waals surface area contributed by atoms with Crippen molar-refractivity contribution >= 4 is 11.8 Å². The van der Waals surface area contributed by atoms with Crippen LogP contribution in [0.5, 0.6) is 0 Å². The van der Waals surface area contributed by atoms with Crippen molar-refractivity contribution in [2.24, 2.45) is 5.92 Å². The zero-order valence-corrected chi connectivity index (χ0v) is 13.9. The number of benzene rings is 1. The molecular weight excluding hydrogens is 318 g/mol. The van der Waals surface area contributed by atoms with Gasteiger partial charge in [0.1, 0.15) is 11.6 Å². The number of amides is 2. The van der Waals surface area contributed by atoms with E-state index in [1.165, 1.54) is 4.90 Å². The van der Waals surface area contributed by atoms with Crippen LogP contribution in [0.4, 0.5) is 8.78 Å². The highest BCUT2D eigenvalue weighted by atomic mass is 19.1. The van der Waals surface area contributed by atoms with Gasteiger partial charge in [-0.1, -0.05) is 0 Å². The van der Waals surface area contributed by atoms with Crippen molar-refractivity contribution in [2.45, 2.75) is 25.8 Å². The molecule has 2 atom stereocenters. The van der Waals surface area contributed by atoms with Crippen molar-refractivity contribution in [3.8, 4) is 0 Å². The molecule has 1 aliphatic heterocycles. The van der Waals surface area contributed by atoms with Crippen LogP contribution >= 0.6 is 0 Å². The van der Waals surface area contributed by atoms with Crippen LogP contribution in [-0.4, -0.2) is 49.6 Å². The first kappa shape index (κ1) is 18.3. The van der Waals surface area contributed by atoms with Crippen molar-refractivity contribution in [3.05, 3.63) is 35.4 Å². The molecule has 1 saturated heterocycles. The van der Waals surface area contributed by atoms with Gasteiger partial charge in [0, 0.05) is 37.9 Å². The van der Waals surface area contributed by atoms with Gasteiger partial charge in [0.15, 0.2) is 0 Å². The molecule has 2 amide bonds. The Labute approximate surface area is 140 Å². The summed E-state index contributed by atoms with van der Waals surface area (Å²) in [6, 6.07) is 2.66. The summed E-state index contributed by atoms with van der Waals surface area (Å²) >= 11 is 0. The highest BCUT2D eigenvalue weighted by Crippen LogP contribution is 2.24. The van der Waals surface area contributed by atoms with Crippen LogP contribution in [0.3, 0.4) is 0 Å². The molecule has 1 aliphatic rings. The topological polar surface area (TPSA) is 58.6 Å². The molecule has 1 aromatic carbocycles. The largest absolute Gasteiger partial charge is 0.383 e. The van der Waals surface area contributed by atoms with E-state index in [1.54, 1.807) is 7.11 Å². The number of nitrogens with zero attached hydrogens (tertiary/aromatic N) is 1. The summed E-state index contributed by atoms with van der Waals surface area (Å²) in [6.45, 7) is 2.92. The van der Waals surface area contributed by atoms with E-state index < -0.39 is 17.5 Å². The Kier molecular flexibility index (Phi) is 6.25. The summed E-state index contributed by atoms with van der Waals surface area (Å²) in [5, 5.41) is 2.76. The lowest BCUT2D eigenvalue weighted by molar-refractivity contribution is -0.126. The maximum absolute atomic E-state index is 13.3. The van der Waals surface area contributed by atoms with Crippen molar-refractivity contribution < 1.29 is 23.1 Å². The molecule has 1 fully saturated rings. The molecule has 0 aliphatic carbocycles. The minimum absolute atomic E-state index is 0.0419. The second-order valence-electron chi connectivity index (χ2n) is 6.02. The number of carbonyl (C=O) groups is 2. The lowest BCUT2D eigenvalue weighted by Crippen LogP contribution is -2.49. The molecule has 0 bridgehead atoms. The van der Waals surface area contributed by atoms with E-state index in [1.807, 2.05) is 6.92 Å². The van der Waals surface area contributed by atoms with Crippen molar-refractivity contribution in [3.63, 3.8) is 0 Å². The lowest BCUT2D eigenvalue weighted by atomic mass is 9.92. The van der Waals surface area contributed by atoms with E-state index in [2.05, 4.69) is 5.32 Å². The minimum Gasteiger partial charge on any atom is -0.383 e. The number of carbonyl (C=O) groups excluding carboxylic acids is 2. The molecule has 1 N–H and O–H groups in total. The predicted molar refractivity (Wildman–Crippen MR) is 84.5 cm³/mol. The van der Waals surface area contributed by atoms with Gasteiger partial charge < -0.3 is 15.0 Å². The molecule has 132 valence electrons. The first-order valence-electron chi connectivity index (χ1n) is 7.96. The SMILES string of the molecule is COCCNC(=O)[C@@H]1CC[C@H](C)N(C(=O)c2cc(F)cc(F)c2)C1. The fourth-order valence-corrected chi connectivity index (χ4v) is 2.87. The van der Waals surface area contributed by atoms with Crippen LogP contribution in [0.2, 0.25) is 0 Å². The highest BCUT2D eigenvalue weighted by Gasteiger charge is 2.33. The van der Waals surface area contributed by atoms with Gasteiger partial charge in [0.2, 0.25) is 5.91 Å². The van der Waals surface area contributed by atoms with Gasteiger partial charge in [0.05, 0.1) is 12.5 Å². The number of ether oxygens (including phenoxy) is 1. The zero-order chi connectivity index (χ0) is 17.7. The summed E-state index contributed by atoms with van der Waals surface area (Å²) in [5.41, 5.74) is -0.0419. The van der Waals surface area contributed by atoms with Crippen molar-refractivity contribution in [1.29, 1.82) is 0 Å². The Morgan fingerprint density at radius 1 is 1.25 bits per heavy atom. The third-order valence-electron chi connectivity index (χ3n) is 4.23. The van der Waals surface area contributed by atoms with Crippen LogP contribution in [-0.2, 0) is 9.53 Å². The third kappa shape index (κ3) is 4.50. The third-order valence-corrected chi connectivity index (χ3v) is 4.23. The number of methoxy groups -OCH3 is 1. The minimum atomic E-state index is -0.795. The van der Waals surface area contributed by atoms with Gasteiger partial charge in [-0.3, -0.25) is 9.59 Å². The predicted octanol–water partition coefficient (Wildman–Crippen LogP) is 1.97. The molecule has 0 radical (unpaired) electrons. The molecular formula is C17H22F2N2O3. The Hall–Kier alpha value is -2.02. The molecule has 24 heavy (non-hydrogen) atoms. The van der Waals surface area contributed by atoms with Gasteiger partial charge in [-0.15, -0.1) is 0 Å². The lowest BCUT2D eigenvalue weighted by Gasteiger charge is -2.37. The number of halogens is 2. The van der Waals surface area contributed by atoms with Crippen LogP contribution < -0.4 is 5.32 Å². The summed E-state index contributed by atoms with van der Waals surface area (Å²) in [6.07, 6.45) is 1.33. The summed E-state index contributed by atoms with van der Waals surface area (Å²) in [5.74, 6) is -2.52. The van der Waals surface area contributed by atoms with Crippen molar-refractivity contribution in [1.82, 2.24) is 10.2 Å². The maximum atomic E-state index is 13.3. The normalized spacial score (nSPS) is 20.8. The van der Waals surface area contributed by atoms with E-state index in [9.17, 15) is 18.4 Å². The highest BCUT2D eigenvalue weighted by molar-refractivity contribution is 5.95. The summed E-state index contributed by atoms with van der Waals surface area (Å²) in [7, 11) is 1.55. The van der Waals surface area contributed by atoms with Crippen LogP contribution in [0.25, 0.3) is 0 Å². The standard InChI is InChI=1S/C17H22F2N2O3/c1-11-3-4-12(16(22)20-5-6-24-2)10-21(11)17(23)13-7-14(18)9-15(19)8-13/h7-9,11-12H,3-6,10H2,1-2H3,(H,20,22)/t11-,12+/m0/s1. The van der Waals surface area contributed by atoms with Crippen molar-refractivity contribution in [2.75, 3.05) is 26.8 Å². The first-order valence-corrected chi connectivity index (χ1v) is 7.96. The number of rotatable bonds is 5. The molecule has 2 rings (SSSR count). The van der Waals surface area contributed by atoms with Gasteiger partial charge >= 0.3 is 0 Å². The Balaban J connectivity index is 2.07. The molecule has 7 heteroatoms. The van der Waals surface area contributed by atoms with E-state index >= 15 is 0 Å². The van der Waals surface area contributed by atoms with Gasteiger partial charge in [0.25, 0.3) is 5.91 Å². The molecule has 0 aromatic heterocycles. The number of hydrogen-bond acceptors (Lipinski definition) is 3. The monoisotopic (exact) mass is 340 g/mol. The molecule has 0 spiro atoms. The zero-order valence-electron chi connectivity index (χ0n) is 13.9. The van der Waals surface area contributed by atoms with Gasteiger partial charge in [-0.2, -0.15) is 0 Å². The molecule has 0 unspecified atom stereocenters. The second-order valence-corrected chi connectivity index (χ2v) is 6.02. The fraction of sp³-hybridized carbons (Fsp3) is 0.529. The first-order chi connectivity index (χ1) is 11.4. The van der Waals surface area contributed by atoms with Crippen LogP contribution in [0.1, 0.15) is 30.1 Å². The Morgan fingerprint density at radius 2 is 1.92 bits per heavy atom. The van der Waals surface area contributed by atoms with E-state index in [-0.39, 0.29) is 30.0 Å². The smallest absolute Gasteiger partial charge is 0.254 e. The average molecular weight is 340 g/mol. The molecule has 0 saturated carbocycles. The molecule has 5 nitrogen and oxygen atoms in total. The van der Waals surface area contributed by atoms with Gasteiger partial charge in [-0.05, 0) is 31.9 Å². The average Bonchev–Trinajstić information content (AvgIpc) is 2.54. The quantitative estimate of drug-likeness (QED) is 0.834. The second kappa shape index (κ2) is 8.19. The fourth-order valence-electron chi connectivity index (χ4n) is 2.87. The number of likely N-dealkylation sites (tertiary alicyclic amines) is 1. The van der Waals surface area contributed by atoms with E-state index in [0.29, 0.717) is 26.0 Å². The van der Waals surface area contributed by atoms with E-state index in [0.717, 1.165) is 18.2 Å². The number of hydrogen-bond donors (Lipinski definition) is 1. The number of nitrogens with one attached hydrogen (secondary N) is 1. The number of piperidine rings is 1. The van der Waals surface area contributed by atoms with Crippen LogP contribution in [0, 0.1) is 17.6 Å². The maximum Gasteiger partial charge on any atom is 0.254 e. The van der Waals surface area contributed by atoms with Crippen LogP contribution in [0.15, 0.2) is 18.2 Å². The molecule has 1 aromatic rings. The Morgan fingerprint density at radius 3 is 2.54 bits per heavy atom. The Bertz CT molecular complexity index is 589. The summed E-state index contributed by atoms with van der Waals surface area (Å²) in [4.78, 5) is 26.3.